The van der Waals surface area contributed by atoms with Crippen molar-refractivity contribution in [3.05, 3.63) is 52.3 Å². The average Bonchev–Trinajstić information content (AvgIpc) is 2.81. The van der Waals surface area contributed by atoms with Gasteiger partial charge in [-0.2, -0.15) is 0 Å². The Balaban J connectivity index is 2.16. The molecule has 2 rings (SSSR count). The Bertz CT molecular complexity index is 775. The maximum absolute atomic E-state index is 6.22. The monoisotopic (exact) mass is 363 g/mol. The minimum Gasteiger partial charge on any atom is -0.390 e. The smallest absolute Gasteiger partial charge is 0.129 e. The molecule has 1 heterocycles. The lowest BCUT2D eigenvalue weighted by atomic mass is 10.2. The van der Waals surface area contributed by atoms with E-state index in [-0.39, 0.29) is 5.60 Å². The SMILES string of the molecule is Cc1c(C(=S)Nc2ccc(Cl)c(/C=N/OC(C)(C)C)c2)ccn1C. The molecule has 0 atom stereocenters. The highest BCUT2D eigenvalue weighted by Crippen LogP contribution is 2.21. The van der Waals surface area contributed by atoms with Crippen LogP contribution in [0.25, 0.3) is 0 Å². The van der Waals surface area contributed by atoms with E-state index in [0.717, 1.165) is 22.5 Å². The number of halogens is 1. The minimum absolute atomic E-state index is 0.342. The quantitative estimate of drug-likeness (QED) is 0.476. The van der Waals surface area contributed by atoms with Crippen LogP contribution in [0.4, 0.5) is 5.69 Å². The van der Waals surface area contributed by atoms with Crippen LogP contribution < -0.4 is 5.32 Å². The highest BCUT2D eigenvalue weighted by molar-refractivity contribution is 7.81. The van der Waals surface area contributed by atoms with Crippen LogP contribution in [-0.4, -0.2) is 21.4 Å². The van der Waals surface area contributed by atoms with E-state index < -0.39 is 0 Å². The Morgan fingerprint density at radius 1 is 1.33 bits per heavy atom. The lowest BCUT2D eigenvalue weighted by Crippen LogP contribution is -2.15. The molecule has 4 nitrogen and oxygen atoms in total. The van der Waals surface area contributed by atoms with Gasteiger partial charge in [-0.3, -0.25) is 0 Å². The number of nitrogens with one attached hydrogen (secondary N) is 1. The zero-order chi connectivity index (χ0) is 17.9. The number of hydrogen-bond donors (Lipinski definition) is 1. The summed E-state index contributed by atoms with van der Waals surface area (Å²) in [6.45, 7) is 7.84. The molecule has 0 saturated heterocycles. The van der Waals surface area contributed by atoms with Gasteiger partial charge in [0.05, 0.1) is 6.21 Å². The van der Waals surface area contributed by atoms with Gasteiger partial charge in [0.2, 0.25) is 0 Å². The molecule has 0 unspecified atom stereocenters. The molecule has 0 aliphatic rings. The number of anilines is 1. The number of nitrogens with zero attached hydrogens (tertiary/aromatic N) is 2. The van der Waals surface area contributed by atoms with E-state index in [0.29, 0.717) is 10.0 Å². The number of aromatic nitrogens is 1. The van der Waals surface area contributed by atoms with E-state index in [1.807, 2.05) is 69.8 Å². The number of hydrogen-bond acceptors (Lipinski definition) is 3. The van der Waals surface area contributed by atoms with Gasteiger partial charge in [-0.1, -0.05) is 29.0 Å². The molecule has 128 valence electrons. The summed E-state index contributed by atoms with van der Waals surface area (Å²) < 4.78 is 2.03. The summed E-state index contributed by atoms with van der Waals surface area (Å²) in [6.07, 6.45) is 3.60. The zero-order valence-corrected chi connectivity index (χ0v) is 16.1. The molecular formula is C18H22ClN3OS. The predicted molar refractivity (Wildman–Crippen MR) is 105 cm³/mol. The summed E-state index contributed by atoms with van der Waals surface area (Å²) in [5.74, 6) is 0. The molecule has 6 heteroatoms. The van der Waals surface area contributed by atoms with Crippen LogP contribution in [0.15, 0.2) is 35.6 Å². The number of thiocarbonyl (C=S) groups is 1. The van der Waals surface area contributed by atoms with E-state index in [4.69, 9.17) is 28.7 Å². The second-order valence-electron chi connectivity index (χ2n) is 6.55. The topological polar surface area (TPSA) is 38.6 Å². The molecular weight excluding hydrogens is 342 g/mol. The average molecular weight is 364 g/mol. The molecule has 0 amide bonds. The van der Waals surface area contributed by atoms with Crippen LogP contribution in [0, 0.1) is 6.92 Å². The fourth-order valence-corrected chi connectivity index (χ4v) is 2.51. The van der Waals surface area contributed by atoms with E-state index >= 15 is 0 Å². The van der Waals surface area contributed by atoms with Crippen LogP contribution in [0.1, 0.15) is 37.6 Å². The molecule has 24 heavy (non-hydrogen) atoms. The maximum Gasteiger partial charge on any atom is 0.129 e. The largest absolute Gasteiger partial charge is 0.390 e. The summed E-state index contributed by atoms with van der Waals surface area (Å²) in [4.78, 5) is 6.03. The highest BCUT2D eigenvalue weighted by Gasteiger charge is 2.11. The number of aryl methyl sites for hydroxylation is 1. The Morgan fingerprint density at radius 2 is 2.04 bits per heavy atom. The third-order valence-electron chi connectivity index (χ3n) is 3.40. The fourth-order valence-electron chi connectivity index (χ4n) is 2.01. The first-order valence-electron chi connectivity index (χ1n) is 7.62. The molecule has 0 bridgehead atoms. The van der Waals surface area contributed by atoms with Crippen molar-refractivity contribution in [1.29, 1.82) is 0 Å². The second kappa shape index (κ2) is 7.36. The van der Waals surface area contributed by atoms with Gasteiger partial charge in [-0.25, -0.2) is 0 Å². The van der Waals surface area contributed by atoms with E-state index in [1.54, 1.807) is 6.21 Å². The fraction of sp³-hybridized carbons (Fsp3) is 0.333. The summed E-state index contributed by atoms with van der Waals surface area (Å²) >= 11 is 11.7. The summed E-state index contributed by atoms with van der Waals surface area (Å²) in [7, 11) is 1.99. The molecule has 0 spiro atoms. The molecule has 0 radical (unpaired) electrons. The van der Waals surface area contributed by atoms with Gasteiger partial charge in [0.1, 0.15) is 10.6 Å². The lowest BCUT2D eigenvalue weighted by molar-refractivity contribution is 0.00199. The molecule has 0 aliphatic carbocycles. The van der Waals surface area contributed by atoms with Crippen molar-refractivity contribution in [3.8, 4) is 0 Å². The highest BCUT2D eigenvalue weighted by atomic mass is 35.5. The molecule has 1 aromatic carbocycles. The van der Waals surface area contributed by atoms with Gasteiger partial charge in [-0.05, 0) is 52.0 Å². The van der Waals surface area contributed by atoms with Crippen molar-refractivity contribution in [2.45, 2.75) is 33.3 Å². The zero-order valence-electron chi connectivity index (χ0n) is 14.6. The van der Waals surface area contributed by atoms with Gasteiger partial charge in [0, 0.05) is 40.8 Å². The molecule has 0 saturated carbocycles. The van der Waals surface area contributed by atoms with Crippen LogP contribution >= 0.6 is 23.8 Å². The minimum atomic E-state index is -0.342. The Hall–Kier alpha value is -1.85. The summed E-state index contributed by atoms with van der Waals surface area (Å²) in [5, 5.41) is 7.84. The Kier molecular flexibility index (Phi) is 5.67. The van der Waals surface area contributed by atoms with Gasteiger partial charge < -0.3 is 14.7 Å². The Labute approximate surface area is 153 Å². The summed E-state index contributed by atoms with van der Waals surface area (Å²) in [6, 6.07) is 7.58. The maximum atomic E-state index is 6.22. The van der Waals surface area contributed by atoms with Gasteiger partial charge >= 0.3 is 0 Å². The van der Waals surface area contributed by atoms with Gasteiger partial charge in [0.25, 0.3) is 0 Å². The van der Waals surface area contributed by atoms with E-state index in [1.165, 1.54) is 0 Å². The lowest BCUT2D eigenvalue weighted by Gasteiger charge is -2.15. The van der Waals surface area contributed by atoms with Crippen molar-refractivity contribution in [1.82, 2.24) is 4.57 Å². The number of oxime groups is 1. The first-order valence-corrected chi connectivity index (χ1v) is 8.40. The van der Waals surface area contributed by atoms with Crippen molar-refractivity contribution < 1.29 is 4.84 Å². The first kappa shape index (κ1) is 18.5. The number of rotatable bonds is 4. The predicted octanol–water partition coefficient (Wildman–Crippen LogP) is 4.92. The Morgan fingerprint density at radius 3 is 2.62 bits per heavy atom. The van der Waals surface area contributed by atoms with Crippen LogP contribution in [0.5, 0.6) is 0 Å². The molecule has 2 aromatic rings. The standard InChI is InChI=1S/C18H22ClN3OS/c1-12-15(8-9-22(12)5)17(24)21-14-6-7-16(19)13(10-14)11-20-23-18(2,3)4/h6-11H,1-5H3,(H,21,24)/b20-11+. The van der Waals surface area contributed by atoms with Crippen molar-refractivity contribution in [2.24, 2.45) is 12.2 Å². The second-order valence-corrected chi connectivity index (χ2v) is 7.37. The van der Waals surface area contributed by atoms with E-state index in [9.17, 15) is 0 Å². The third-order valence-corrected chi connectivity index (χ3v) is 4.07. The van der Waals surface area contributed by atoms with Crippen LogP contribution in [0.2, 0.25) is 5.02 Å². The van der Waals surface area contributed by atoms with E-state index in [2.05, 4.69) is 10.5 Å². The molecule has 1 aromatic heterocycles. The molecule has 0 aliphatic heterocycles. The van der Waals surface area contributed by atoms with Crippen molar-refractivity contribution in [3.63, 3.8) is 0 Å². The van der Waals surface area contributed by atoms with Gasteiger partial charge in [0.15, 0.2) is 0 Å². The van der Waals surface area contributed by atoms with Crippen LogP contribution in [0.3, 0.4) is 0 Å². The number of benzene rings is 1. The van der Waals surface area contributed by atoms with Crippen molar-refractivity contribution >= 4 is 40.7 Å². The van der Waals surface area contributed by atoms with Gasteiger partial charge in [-0.15, -0.1) is 0 Å². The molecule has 1 N–H and O–H groups in total. The third kappa shape index (κ3) is 4.82. The van der Waals surface area contributed by atoms with Crippen molar-refractivity contribution in [2.75, 3.05) is 5.32 Å². The first-order chi connectivity index (χ1) is 11.2. The molecule has 0 fully saturated rings. The normalized spacial score (nSPS) is 11.8. The summed E-state index contributed by atoms with van der Waals surface area (Å²) in [5.41, 5.74) is 3.39. The van der Waals surface area contributed by atoms with Crippen LogP contribution in [-0.2, 0) is 11.9 Å².